The molecular formula is C12H16N2O2. The van der Waals surface area contributed by atoms with Gasteiger partial charge in [-0.2, -0.15) is 0 Å². The minimum atomic E-state index is 0.0670. The molecule has 1 saturated heterocycles. The molecule has 0 saturated carbocycles. The number of hydrogen-bond acceptors (Lipinski definition) is 3. The van der Waals surface area contributed by atoms with E-state index in [1.54, 1.807) is 4.90 Å². The maximum absolute atomic E-state index is 11.8. The molecule has 16 heavy (non-hydrogen) atoms. The van der Waals surface area contributed by atoms with Crippen LogP contribution < -0.4 is 10.2 Å². The molecule has 1 unspecified atom stereocenters. The Balaban J connectivity index is 2.27. The Bertz CT molecular complexity index is 392. The van der Waals surface area contributed by atoms with Gasteiger partial charge >= 0.3 is 0 Å². The van der Waals surface area contributed by atoms with Crippen LogP contribution in [0.15, 0.2) is 24.3 Å². The van der Waals surface area contributed by atoms with E-state index in [2.05, 4.69) is 5.32 Å². The summed E-state index contributed by atoms with van der Waals surface area (Å²) in [6.07, 6.45) is 0.439. The van der Waals surface area contributed by atoms with Crippen molar-refractivity contribution in [2.75, 3.05) is 30.4 Å². The van der Waals surface area contributed by atoms with Crippen LogP contribution in [0.1, 0.15) is 6.42 Å². The Hall–Kier alpha value is -1.55. The van der Waals surface area contributed by atoms with Crippen molar-refractivity contribution >= 4 is 17.3 Å². The minimum Gasteiger partial charge on any atom is -0.396 e. The monoisotopic (exact) mass is 220 g/mol. The molecule has 1 atom stereocenters. The lowest BCUT2D eigenvalue weighted by Crippen LogP contribution is -2.25. The predicted molar refractivity (Wildman–Crippen MR) is 63.5 cm³/mol. The van der Waals surface area contributed by atoms with Crippen LogP contribution in [0, 0.1) is 5.92 Å². The Morgan fingerprint density at radius 3 is 2.88 bits per heavy atom. The van der Waals surface area contributed by atoms with Crippen molar-refractivity contribution in [1.82, 2.24) is 0 Å². The van der Waals surface area contributed by atoms with Gasteiger partial charge in [-0.05, 0) is 12.1 Å². The van der Waals surface area contributed by atoms with Crippen LogP contribution in [0.3, 0.4) is 0 Å². The Morgan fingerprint density at radius 1 is 1.50 bits per heavy atom. The van der Waals surface area contributed by atoms with Gasteiger partial charge in [0.25, 0.3) is 0 Å². The number of nitrogens with one attached hydrogen (secondary N) is 1. The molecule has 1 amide bonds. The highest BCUT2D eigenvalue weighted by Gasteiger charge is 2.30. The first-order chi connectivity index (χ1) is 7.76. The average molecular weight is 220 g/mol. The second-order valence-electron chi connectivity index (χ2n) is 4.02. The normalized spacial score (nSPS) is 20.2. The molecule has 1 aliphatic rings. The van der Waals surface area contributed by atoms with Crippen LogP contribution in [-0.4, -0.2) is 31.2 Å². The average Bonchev–Trinajstić information content (AvgIpc) is 2.70. The summed E-state index contributed by atoms with van der Waals surface area (Å²) in [5.74, 6) is 0.152. The Kier molecular flexibility index (Phi) is 3.10. The lowest BCUT2D eigenvalue weighted by molar-refractivity contribution is -0.117. The topological polar surface area (TPSA) is 52.6 Å². The third-order valence-electron chi connectivity index (χ3n) is 2.93. The number of hydrogen-bond donors (Lipinski definition) is 2. The number of anilines is 2. The van der Waals surface area contributed by atoms with E-state index in [0.29, 0.717) is 13.0 Å². The molecule has 4 heteroatoms. The summed E-state index contributed by atoms with van der Waals surface area (Å²) in [6, 6.07) is 7.70. The number of carbonyl (C=O) groups is 1. The fourth-order valence-corrected chi connectivity index (χ4v) is 2.06. The van der Waals surface area contributed by atoms with Gasteiger partial charge < -0.3 is 15.3 Å². The van der Waals surface area contributed by atoms with Crippen LogP contribution in [0.5, 0.6) is 0 Å². The highest BCUT2D eigenvalue weighted by Crippen LogP contribution is 2.30. The first-order valence-electron chi connectivity index (χ1n) is 5.44. The van der Waals surface area contributed by atoms with Gasteiger partial charge in [0.2, 0.25) is 5.91 Å². The molecule has 86 valence electrons. The van der Waals surface area contributed by atoms with E-state index in [1.807, 2.05) is 31.3 Å². The number of carbonyl (C=O) groups excluding carboxylic acids is 1. The fourth-order valence-electron chi connectivity index (χ4n) is 2.06. The van der Waals surface area contributed by atoms with Crippen molar-refractivity contribution in [3.05, 3.63) is 24.3 Å². The molecule has 1 aliphatic heterocycles. The summed E-state index contributed by atoms with van der Waals surface area (Å²) in [5.41, 5.74) is 1.83. The van der Waals surface area contributed by atoms with Crippen molar-refractivity contribution in [3.63, 3.8) is 0 Å². The Morgan fingerprint density at radius 2 is 2.25 bits per heavy atom. The van der Waals surface area contributed by atoms with Crippen molar-refractivity contribution in [3.8, 4) is 0 Å². The molecule has 1 aromatic carbocycles. The Labute approximate surface area is 94.9 Å². The molecule has 0 radical (unpaired) electrons. The van der Waals surface area contributed by atoms with Crippen LogP contribution >= 0.6 is 0 Å². The van der Waals surface area contributed by atoms with Gasteiger partial charge in [0.05, 0.1) is 11.4 Å². The summed E-state index contributed by atoms with van der Waals surface area (Å²) in [6.45, 7) is 0.679. The van der Waals surface area contributed by atoms with Crippen LogP contribution in [0.2, 0.25) is 0 Å². The molecule has 0 aliphatic carbocycles. The van der Waals surface area contributed by atoms with Crippen LogP contribution in [0.25, 0.3) is 0 Å². The molecule has 0 aromatic heterocycles. The molecular weight excluding hydrogens is 204 g/mol. The lowest BCUT2D eigenvalue weighted by atomic mass is 10.1. The third kappa shape index (κ3) is 1.88. The zero-order valence-electron chi connectivity index (χ0n) is 9.31. The van der Waals surface area contributed by atoms with E-state index >= 15 is 0 Å². The molecule has 0 spiro atoms. The van der Waals surface area contributed by atoms with Gasteiger partial charge in [0.15, 0.2) is 0 Å². The number of aliphatic hydroxyl groups is 1. The van der Waals surface area contributed by atoms with E-state index in [4.69, 9.17) is 5.11 Å². The van der Waals surface area contributed by atoms with E-state index in [1.165, 1.54) is 0 Å². The van der Waals surface area contributed by atoms with Gasteiger partial charge in [-0.15, -0.1) is 0 Å². The molecule has 0 bridgehead atoms. The number of nitrogens with zero attached hydrogens (tertiary/aromatic N) is 1. The van der Waals surface area contributed by atoms with Crippen molar-refractivity contribution < 1.29 is 9.90 Å². The first kappa shape index (κ1) is 11.0. The van der Waals surface area contributed by atoms with Crippen molar-refractivity contribution in [2.45, 2.75) is 6.42 Å². The zero-order valence-corrected chi connectivity index (χ0v) is 9.31. The second-order valence-corrected chi connectivity index (χ2v) is 4.02. The largest absolute Gasteiger partial charge is 0.396 e. The highest BCUT2D eigenvalue weighted by molar-refractivity contribution is 5.98. The summed E-state index contributed by atoms with van der Waals surface area (Å²) in [7, 11) is 1.84. The predicted octanol–water partition coefficient (Wildman–Crippen LogP) is 1.07. The third-order valence-corrected chi connectivity index (χ3v) is 2.93. The lowest BCUT2D eigenvalue weighted by Gasteiger charge is -2.19. The van der Waals surface area contributed by atoms with Gasteiger partial charge in [-0.1, -0.05) is 12.1 Å². The molecule has 1 aromatic rings. The SMILES string of the molecule is CNc1ccccc1N1CC(CO)CC1=O. The zero-order chi connectivity index (χ0) is 11.5. The molecule has 4 nitrogen and oxygen atoms in total. The van der Waals surface area contributed by atoms with Gasteiger partial charge in [0, 0.05) is 32.5 Å². The van der Waals surface area contributed by atoms with Gasteiger partial charge in [-0.25, -0.2) is 0 Å². The maximum Gasteiger partial charge on any atom is 0.227 e. The van der Waals surface area contributed by atoms with Crippen LogP contribution in [0.4, 0.5) is 11.4 Å². The number of para-hydroxylation sites is 2. The molecule has 1 fully saturated rings. The summed E-state index contributed by atoms with van der Waals surface area (Å²) in [4.78, 5) is 13.5. The number of rotatable bonds is 3. The number of benzene rings is 1. The maximum atomic E-state index is 11.8. The summed E-state index contributed by atoms with van der Waals surface area (Å²) < 4.78 is 0. The smallest absolute Gasteiger partial charge is 0.227 e. The van der Waals surface area contributed by atoms with E-state index in [-0.39, 0.29) is 18.4 Å². The molecule has 2 rings (SSSR count). The second kappa shape index (κ2) is 4.53. The van der Waals surface area contributed by atoms with Crippen LogP contribution in [-0.2, 0) is 4.79 Å². The first-order valence-corrected chi connectivity index (χ1v) is 5.44. The van der Waals surface area contributed by atoms with E-state index < -0.39 is 0 Å². The van der Waals surface area contributed by atoms with Gasteiger partial charge in [-0.3, -0.25) is 4.79 Å². The van der Waals surface area contributed by atoms with Crippen molar-refractivity contribution in [1.29, 1.82) is 0 Å². The fraction of sp³-hybridized carbons (Fsp3) is 0.417. The highest BCUT2D eigenvalue weighted by atomic mass is 16.3. The number of amides is 1. The van der Waals surface area contributed by atoms with Gasteiger partial charge in [0.1, 0.15) is 0 Å². The quantitative estimate of drug-likeness (QED) is 0.801. The number of aliphatic hydroxyl groups excluding tert-OH is 1. The standard InChI is InChI=1S/C12H16N2O2/c1-13-10-4-2-3-5-11(10)14-7-9(8-15)6-12(14)16/h2-5,9,13,15H,6-8H2,1H3. The summed E-state index contributed by atoms with van der Waals surface area (Å²) >= 11 is 0. The summed E-state index contributed by atoms with van der Waals surface area (Å²) in [5, 5.41) is 12.1. The van der Waals surface area contributed by atoms with E-state index in [0.717, 1.165) is 11.4 Å². The molecule has 2 N–H and O–H groups in total. The molecule has 1 heterocycles. The van der Waals surface area contributed by atoms with E-state index in [9.17, 15) is 4.79 Å². The minimum absolute atomic E-state index is 0.0670. The van der Waals surface area contributed by atoms with Crippen molar-refractivity contribution in [2.24, 2.45) is 5.92 Å².